The molecule has 0 amide bonds. The van der Waals surface area contributed by atoms with Crippen LogP contribution in [-0.2, 0) is 0 Å². The quantitative estimate of drug-likeness (QED) is 0.647. The van der Waals surface area contributed by atoms with E-state index in [0.29, 0.717) is 5.01 Å². The number of rotatable bonds is 2. The number of carbonyl (C=O) groups is 1. The standard InChI is InChI=1S/C13H9NOS2/c1-8-13(10-7-16-12(6-15)14-10)9-4-2-3-5-11(9)17-8/h2-7H,1H3. The van der Waals surface area contributed by atoms with Gasteiger partial charge in [0, 0.05) is 25.9 Å². The van der Waals surface area contributed by atoms with Gasteiger partial charge in [0.15, 0.2) is 11.3 Å². The van der Waals surface area contributed by atoms with E-state index in [2.05, 4.69) is 24.0 Å². The summed E-state index contributed by atoms with van der Waals surface area (Å²) >= 11 is 3.16. The molecule has 2 aromatic heterocycles. The van der Waals surface area contributed by atoms with Crippen LogP contribution in [-0.4, -0.2) is 11.3 Å². The Balaban J connectivity index is 2.28. The van der Waals surface area contributed by atoms with E-state index in [-0.39, 0.29) is 0 Å². The smallest absolute Gasteiger partial charge is 0.178 e. The van der Waals surface area contributed by atoms with Crippen LogP contribution in [0.2, 0.25) is 0 Å². The number of benzene rings is 1. The van der Waals surface area contributed by atoms with Crippen molar-refractivity contribution >= 4 is 39.0 Å². The molecule has 0 atom stereocenters. The molecule has 0 unspecified atom stereocenters. The fraction of sp³-hybridized carbons (Fsp3) is 0.0769. The lowest BCUT2D eigenvalue weighted by Crippen LogP contribution is -1.80. The van der Waals surface area contributed by atoms with E-state index in [1.54, 1.807) is 11.3 Å². The summed E-state index contributed by atoms with van der Waals surface area (Å²) in [5, 5.41) is 3.71. The van der Waals surface area contributed by atoms with Gasteiger partial charge in [0.05, 0.1) is 5.69 Å². The van der Waals surface area contributed by atoms with Gasteiger partial charge in [-0.05, 0) is 13.0 Å². The van der Waals surface area contributed by atoms with Crippen LogP contribution >= 0.6 is 22.7 Å². The zero-order valence-corrected chi connectivity index (χ0v) is 10.8. The summed E-state index contributed by atoms with van der Waals surface area (Å²) in [5.41, 5.74) is 2.07. The van der Waals surface area contributed by atoms with Crippen LogP contribution in [0.1, 0.15) is 14.7 Å². The zero-order chi connectivity index (χ0) is 11.8. The number of nitrogens with zero attached hydrogens (tertiary/aromatic N) is 1. The predicted octanol–water partition coefficient (Wildman–Crippen LogP) is 4.15. The van der Waals surface area contributed by atoms with E-state index < -0.39 is 0 Å². The first-order chi connectivity index (χ1) is 8.29. The lowest BCUT2D eigenvalue weighted by Gasteiger charge is -1.96. The first kappa shape index (κ1) is 10.6. The third-order valence-electron chi connectivity index (χ3n) is 2.65. The third-order valence-corrected chi connectivity index (χ3v) is 4.51. The molecule has 84 valence electrons. The number of hydrogen-bond acceptors (Lipinski definition) is 4. The monoisotopic (exact) mass is 259 g/mol. The average Bonchev–Trinajstić information content (AvgIpc) is 2.91. The van der Waals surface area contributed by atoms with Crippen LogP contribution in [0.4, 0.5) is 0 Å². The largest absolute Gasteiger partial charge is 0.295 e. The van der Waals surface area contributed by atoms with Gasteiger partial charge >= 0.3 is 0 Å². The number of carbonyl (C=O) groups excluding carboxylic acids is 1. The summed E-state index contributed by atoms with van der Waals surface area (Å²) in [6.45, 7) is 2.10. The number of hydrogen-bond donors (Lipinski definition) is 0. The lowest BCUT2D eigenvalue weighted by atomic mass is 10.1. The molecule has 0 aliphatic heterocycles. The van der Waals surface area contributed by atoms with Crippen molar-refractivity contribution in [1.29, 1.82) is 0 Å². The predicted molar refractivity (Wildman–Crippen MR) is 73.1 cm³/mol. The molecule has 2 nitrogen and oxygen atoms in total. The molecule has 2 heterocycles. The molecule has 0 aliphatic rings. The summed E-state index contributed by atoms with van der Waals surface area (Å²) in [4.78, 5) is 16.3. The Morgan fingerprint density at radius 2 is 2.12 bits per heavy atom. The van der Waals surface area contributed by atoms with Gasteiger partial charge in [0.25, 0.3) is 0 Å². The van der Waals surface area contributed by atoms with E-state index in [1.807, 2.05) is 17.5 Å². The van der Waals surface area contributed by atoms with E-state index in [0.717, 1.165) is 17.5 Å². The highest BCUT2D eigenvalue weighted by atomic mass is 32.1. The molecular formula is C13H9NOS2. The second-order valence-corrected chi connectivity index (χ2v) is 5.86. The molecule has 17 heavy (non-hydrogen) atoms. The summed E-state index contributed by atoms with van der Waals surface area (Å²) in [6, 6.07) is 8.29. The Bertz CT molecular complexity index is 696. The fourth-order valence-corrected chi connectivity index (χ4v) is 3.63. The minimum atomic E-state index is 0.537. The minimum absolute atomic E-state index is 0.537. The molecule has 0 N–H and O–H groups in total. The van der Waals surface area contributed by atoms with Crippen LogP contribution in [0, 0.1) is 6.92 Å². The van der Waals surface area contributed by atoms with Crippen LogP contribution in [0.3, 0.4) is 0 Å². The van der Waals surface area contributed by atoms with E-state index in [4.69, 9.17) is 0 Å². The Kier molecular flexibility index (Phi) is 2.53. The Morgan fingerprint density at radius 1 is 1.29 bits per heavy atom. The lowest BCUT2D eigenvalue weighted by molar-refractivity contribution is 0.112. The first-order valence-corrected chi connectivity index (χ1v) is 6.88. The summed E-state index contributed by atoms with van der Waals surface area (Å²) in [7, 11) is 0. The van der Waals surface area contributed by atoms with Crippen LogP contribution in [0.25, 0.3) is 21.3 Å². The zero-order valence-electron chi connectivity index (χ0n) is 9.14. The highest BCUT2D eigenvalue weighted by Crippen LogP contribution is 2.38. The number of aromatic nitrogens is 1. The van der Waals surface area contributed by atoms with Crippen molar-refractivity contribution in [2.45, 2.75) is 6.92 Å². The molecule has 0 saturated heterocycles. The maximum absolute atomic E-state index is 10.7. The number of aryl methyl sites for hydroxylation is 1. The Morgan fingerprint density at radius 3 is 2.88 bits per heavy atom. The highest BCUT2D eigenvalue weighted by molar-refractivity contribution is 7.19. The van der Waals surface area contributed by atoms with E-state index >= 15 is 0 Å². The number of fused-ring (bicyclic) bond motifs is 1. The van der Waals surface area contributed by atoms with Crippen LogP contribution in [0.15, 0.2) is 29.6 Å². The SMILES string of the molecule is Cc1sc2ccccc2c1-c1csc(C=O)n1. The van der Waals surface area contributed by atoms with Gasteiger partial charge in [-0.25, -0.2) is 4.98 Å². The molecule has 0 spiro atoms. The van der Waals surface area contributed by atoms with E-state index in [9.17, 15) is 4.79 Å². The molecule has 0 fully saturated rings. The normalized spacial score (nSPS) is 10.9. The topological polar surface area (TPSA) is 30.0 Å². The molecule has 1 aromatic carbocycles. The van der Waals surface area contributed by atoms with Gasteiger partial charge in [-0.1, -0.05) is 18.2 Å². The van der Waals surface area contributed by atoms with Gasteiger partial charge in [-0.15, -0.1) is 22.7 Å². The Hall–Kier alpha value is -1.52. The van der Waals surface area contributed by atoms with Crippen LogP contribution < -0.4 is 0 Å². The number of thiazole rings is 1. The van der Waals surface area contributed by atoms with Gasteiger partial charge in [0.2, 0.25) is 0 Å². The van der Waals surface area contributed by atoms with Gasteiger partial charge in [-0.2, -0.15) is 0 Å². The maximum Gasteiger partial charge on any atom is 0.178 e. The average molecular weight is 259 g/mol. The van der Waals surface area contributed by atoms with Crippen molar-refractivity contribution in [2.24, 2.45) is 0 Å². The molecule has 3 rings (SSSR count). The van der Waals surface area contributed by atoms with Gasteiger partial charge < -0.3 is 0 Å². The fourth-order valence-electron chi connectivity index (χ4n) is 1.94. The molecule has 0 aliphatic carbocycles. The van der Waals surface area contributed by atoms with Crippen molar-refractivity contribution in [3.8, 4) is 11.3 Å². The highest BCUT2D eigenvalue weighted by Gasteiger charge is 2.13. The molecule has 4 heteroatoms. The third kappa shape index (κ3) is 1.69. The summed E-state index contributed by atoms with van der Waals surface area (Å²) in [5.74, 6) is 0. The second kappa shape index (κ2) is 4.05. The van der Waals surface area contributed by atoms with E-state index in [1.165, 1.54) is 26.3 Å². The molecule has 0 bridgehead atoms. The van der Waals surface area contributed by atoms with Crippen LogP contribution in [0.5, 0.6) is 0 Å². The summed E-state index contributed by atoms with van der Waals surface area (Å²) in [6.07, 6.45) is 0.804. The Labute approximate surface area is 107 Å². The van der Waals surface area contributed by atoms with Crippen molar-refractivity contribution in [2.75, 3.05) is 0 Å². The number of thiophene rings is 1. The number of aldehydes is 1. The van der Waals surface area contributed by atoms with Crippen molar-refractivity contribution < 1.29 is 4.79 Å². The van der Waals surface area contributed by atoms with Crippen molar-refractivity contribution in [3.05, 3.63) is 39.5 Å². The molecule has 0 saturated carbocycles. The first-order valence-electron chi connectivity index (χ1n) is 5.19. The summed E-state index contributed by atoms with van der Waals surface area (Å²) < 4.78 is 1.26. The van der Waals surface area contributed by atoms with Crippen molar-refractivity contribution in [3.63, 3.8) is 0 Å². The molecule has 0 radical (unpaired) electrons. The molecule has 3 aromatic rings. The molecular weight excluding hydrogens is 250 g/mol. The van der Waals surface area contributed by atoms with Gasteiger partial charge in [-0.3, -0.25) is 4.79 Å². The van der Waals surface area contributed by atoms with Gasteiger partial charge in [0.1, 0.15) is 0 Å². The van der Waals surface area contributed by atoms with Crippen molar-refractivity contribution in [1.82, 2.24) is 4.98 Å². The second-order valence-electron chi connectivity index (χ2n) is 3.72. The minimum Gasteiger partial charge on any atom is -0.295 e. The maximum atomic E-state index is 10.7.